The maximum atomic E-state index is 5.54. The quantitative estimate of drug-likeness (QED) is 0.689. The van der Waals surface area contributed by atoms with E-state index < -0.39 is 0 Å². The van der Waals surface area contributed by atoms with Crippen LogP contribution in [0.4, 0.5) is 0 Å². The molecule has 1 saturated carbocycles. The third-order valence-electron chi connectivity index (χ3n) is 3.61. The molecule has 2 N–H and O–H groups in total. The molecule has 0 aromatic carbocycles. The number of hydrogen-bond acceptors (Lipinski definition) is 3. The van der Waals surface area contributed by atoms with E-state index >= 15 is 0 Å². The van der Waals surface area contributed by atoms with Crippen LogP contribution in [0, 0.1) is 11.8 Å². The molecule has 4 atom stereocenters. The van der Waals surface area contributed by atoms with Crippen LogP contribution in [-0.2, 0) is 4.74 Å². The maximum absolute atomic E-state index is 5.54. The van der Waals surface area contributed by atoms with Gasteiger partial charge in [-0.3, -0.25) is 0 Å². The van der Waals surface area contributed by atoms with Gasteiger partial charge >= 0.3 is 0 Å². The van der Waals surface area contributed by atoms with Crippen LogP contribution in [0.1, 0.15) is 26.7 Å². The molecule has 0 bridgehead atoms. The Balaban J connectivity index is 1.65. The number of nitrogens with one attached hydrogen (secondary N) is 2. The minimum atomic E-state index is 0.575. The Morgan fingerprint density at radius 2 is 2.00 bits per heavy atom. The highest BCUT2D eigenvalue weighted by Crippen LogP contribution is 2.29. The van der Waals surface area contributed by atoms with Crippen molar-refractivity contribution < 1.29 is 4.74 Å². The minimum Gasteiger partial charge on any atom is -0.379 e. The van der Waals surface area contributed by atoms with Gasteiger partial charge in [-0.2, -0.15) is 0 Å². The standard InChI is InChI=1S/C12H24N2O/c1-3-4-13-12-8-15-7-10(12)6-14-11-5-9(11)2/h9-14H,3-8H2,1-2H3. The van der Waals surface area contributed by atoms with Gasteiger partial charge in [-0.25, -0.2) is 0 Å². The van der Waals surface area contributed by atoms with Gasteiger partial charge in [0.05, 0.1) is 13.2 Å². The Bertz CT molecular complexity index is 198. The Labute approximate surface area is 93.0 Å². The van der Waals surface area contributed by atoms with Crippen molar-refractivity contribution in [1.82, 2.24) is 10.6 Å². The maximum Gasteiger partial charge on any atom is 0.0623 e. The lowest BCUT2D eigenvalue weighted by Gasteiger charge is -2.19. The highest BCUT2D eigenvalue weighted by molar-refractivity contribution is 4.92. The topological polar surface area (TPSA) is 33.3 Å². The molecule has 2 fully saturated rings. The van der Waals surface area contributed by atoms with E-state index in [2.05, 4.69) is 24.5 Å². The van der Waals surface area contributed by atoms with Crippen molar-refractivity contribution >= 4 is 0 Å². The number of rotatable bonds is 6. The van der Waals surface area contributed by atoms with Crippen molar-refractivity contribution in [2.75, 3.05) is 26.3 Å². The van der Waals surface area contributed by atoms with E-state index in [1.807, 2.05) is 0 Å². The lowest BCUT2D eigenvalue weighted by Crippen LogP contribution is -2.41. The van der Waals surface area contributed by atoms with Crippen molar-refractivity contribution in [2.24, 2.45) is 11.8 Å². The van der Waals surface area contributed by atoms with E-state index in [1.165, 1.54) is 12.8 Å². The number of ether oxygens (including phenoxy) is 1. The van der Waals surface area contributed by atoms with Gasteiger partial charge < -0.3 is 15.4 Å². The van der Waals surface area contributed by atoms with Crippen molar-refractivity contribution in [3.63, 3.8) is 0 Å². The van der Waals surface area contributed by atoms with E-state index in [4.69, 9.17) is 4.74 Å². The van der Waals surface area contributed by atoms with E-state index in [1.54, 1.807) is 0 Å². The zero-order chi connectivity index (χ0) is 10.7. The van der Waals surface area contributed by atoms with Crippen LogP contribution in [0.15, 0.2) is 0 Å². The van der Waals surface area contributed by atoms with Crippen molar-refractivity contribution in [1.29, 1.82) is 0 Å². The summed E-state index contributed by atoms with van der Waals surface area (Å²) in [5.41, 5.74) is 0. The van der Waals surface area contributed by atoms with Gasteiger partial charge in [0.1, 0.15) is 0 Å². The summed E-state index contributed by atoms with van der Waals surface area (Å²) in [6.45, 7) is 8.58. The van der Waals surface area contributed by atoms with E-state index in [0.29, 0.717) is 12.0 Å². The lowest BCUT2D eigenvalue weighted by molar-refractivity contribution is 0.182. The van der Waals surface area contributed by atoms with Gasteiger partial charge in [0.15, 0.2) is 0 Å². The summed E-state index contributed by atoms with van der Waals surface area (Å²) in [7, 11) is 0. The Morgan fingerprint density at radius 1 is 1.20 bits per heavy atom. The molecule has 0 aromatic rings. The summed E-state index contributed by atoms with van der Waals surface area (Å²) in [5, 5.41) is 7.21. The van der Waals surface area contributed by atoms with Crippen molar-refractivity contribution in [3.05, 3.63) is 0 Å². The number of hydrogen-bond donors (Lipinski definition) is 2. The van der Waals surface area contributed by atoms with Crippen LogP contribution in [0.5, 0.6) is 0 Å². The largest absolute Gasteiger partial charge is 0.379 e. The average Bonchev–Trinajstić information content (AvgIpc) is 2.78. The average molecular weight is 212 g/mol. The molecule has 1 saturated heterocycles. The molecule has 1 aliphatic heterocycles. The van der Waals surface area contributed by atoms with Gasteiger partial charge in [0, 0.05) is 24.5 Å². The SMILES string of the molecule is CCCNC1COCC1CNC1CC1C. The second kappa shape index (κ2) is 5.28. The van der Waals surface area contributed by atoms with Crippen molar-refractivity contribution in [3.8, 4) is 0 Å². The van der Waals surface area contributed by atoms with E-state index in [-0.39, 0.29) is 0 Å². The first-order valence-electron chi connectivity index (χ1n) is 6.35. The van der Waals surface area contributed by atoms with Crippen LogP contribution in [0.25, 0.3) is 0 Å². The van der Waals surface area contributed by atoms with E-state index in [9.17, 15) is 0 Å². The second-order valence-electron chi connectivity index (χ2n) is 5.09. The fraction of sp³-hybridized carbons (Fsp3) is 1.00. The summed E-state index contributed by atoms with van der Waals surface area (Å²) in [4.78, 5) is 0. The third-order valence-corrected chi connectivity index (χ3v) is 3.61. The lowest BCUT2D eigenvalue weighted by atomic mass is 10.0. The molecule has 15 heavy (non-hydrogen) atoms. The summed E-state index contributed by atoms with van der Waals surface area (Å²) in [5.74, 6) is 1.57. The summed E-state index contributed by atoms with van der Waals surface area (Å²) in [6.07, 6.45) is 2.57. The van der Waals surface area contributed by atoms with Gasteiger partial charge in [-0.15, -0.1) is 0 Å². The smallest absolute Gasteiger partial charge is 0.0623 e. The van der Waals surface area contributed by atoms with Crippen LogP contribution < -0.4 is 10.6 Å². The van der Waals surface area contributed by atoms with Crippen LogP contribution >= 0.6 is 0 Å². The Hall–Kier alpha value is -0.120. The monoisotopic (exact) mass is 212 g/mol. The molecular weight excluding hydrogens is 188 g/mol. The van der Waals surface area contributed by atoms with Gasteiger partial charge in [0.25, 0.3) is 0 Å². The molecule has 3 heteroatoms. The highest BCUT2D eigenvalue weighted by Gasteiger charge is 2.34. The van der Waals surface area contributed by atoms with Gasteiger partial charge in [-0.05, 0) is 25.3 Å². The molecule has 3 nitrogen and oxygen atoms in total. The van der Waals surface area contributed by atoms with E-state index in [0.717, 1.165) is 38.3 Å². The molecule has 1 heterocycles. The first-order valence-corrected chi connectivity index (χ1v) is 6.35. The van der Waals surface area contributed by atoms with Crippen molar-refractivity contribution in [2.45, 2.75) is 38.8 Å². The molecule has 4 unspecified atom stereocenters. The predicted octanol–water partition coefficient (Wildman–Crippen LogP) is 0.999. The Kier molecular flexibility index (Phi) is 4.00. The molecule has 0 radical (unpaired) electrons. The summed E-state index contributed by atoms with van der Waals surface area (Å²) >= 11 is 0. The van der Waals surface area contributed by atoms with Crippen LogP contribution in [0.3, 0.4) is 0 Å². The van der Waals surface area contributed by atoms with Crippen LogP contribution in [-0.4, -0.2) is 38.4 Å². The molecule has 88 valence electrons. The fourth-order valence-corrected chi connectivity index (χ4v) is 2.26. The zero-order valence-corrected chi connectivity index (χ0v) is 9.96. The molecule has 0 aromatic heterocycles. The van der Waals surface area contributed by atoms with Crippen LogP contribution in [0.2, 0.25) is 0 Å². The first-order chi connectivity index (χ1) is 7.31. The first kappa shape index (κ1) is 11.4. The highest BCUT2D eigenvalue weighted by atomic mass is 16.5. The molecule has 2 aliphatic rings. The molecule has 0 spiro atoms. The summed E-state index contributed by atoms with van der Waals surface area (Å²) < 4.78 is 5.54. The van der Waals surface area contributed by atoms with Gasteiger partial charge in [0.2, 0.25) is 0 Å². The van der Waals surface area contributed by atoms with Gasteiger partial charge in [-0.1, -0.05) is 13.8 Å². The summed E-state index contributed by atoms with van der Waals surface area (Å²) in [6, 6.07) is 1.36. The fourth-order valence-electron chi connectivity index (χ4n) is 2.26. The molecule has 2 rings (SSSR count). The normalized spacial score (nSPS) is 39.6. The predicted molar refractivity (Wildman–Crippen MR) is 62.0 cm³/mol. The molecular formula is C12H24N2O. The molecule has 0 amide bonds. The Morgan fingerprint density at radius 3 is 2.67 bits per heavy atom. The molecule has 1 aliphatic carbocycles. The second-order valence-corrected chi connectivity index (χ2v) is 5.09. The minimum absolute atomic E-state index is 0.575. The third kappa shape index (κ3) is 3.16. The zero-order valence-electron chi connectivity index (χ0n) is 9.96.